The standard InChI is InChI=1S/C7H7BrN2OS/c8-5-1-3-6(4-2-5)12-10-7(9)11/h1-4H,(H3,9,10,11). The van der Waals surface area contributed by atoms with E-state index in [1.54, 1.807) is 0 Å². The second kappa shape index (κ2) is 4.37. The van der Waals surface area contributed by atoms with Gasteiger partial charge in [-0.05, 0) is 36.2 Å². The first-order chi connectivity index (χ1) is 5.68. The molecule has 0 heterocycles. The highest BCUT2D eigenvalue weighted by molar-refractivity contribution is 9.10. The van der Waals surface area contributed by atoms with Crippen LogP contribution in [0.15, 0.2) is 33.6 Å². The SMILES string of the molecule is NC(=O)NSc1ccc(Br)cc1. The van der Waals surface area contributed by atoms with E-state index in [0.29, 0.717) is 0 Å². The van der Waals surface area contributed by atoms with E-state index in [-0.39, 0.29) is 0 Å². The van der Waals surface area contributed by atoms with E-state index in [2.05, 4.69) is 20.7 Å². The second-order valence-corrected chi connectivity index (χ2v) is 3.82. The van der Waals surface area contributed by atoms with Gasteiger partial charge in [0.2, 0.25) is 0 Å². The van der Waals surface area contributed by atoms with Crippen molar-refractivity contribution in [1.82, 2.24) is 4.72 Å². The van der Waals surface area contributed by atoms with Gasteiger partial charge in [0.1, 0.15) is 0 Å². The van der Waals surface area contributed by atoms with Crippen molar-refractivity contribution in [2.24, 2.45) is 5.73 Å². The monoisotopic (exact) mass is 246 g/mol. The van der Waals surface area contributed by atoms with Gasteiger partial charge in [0.15, 0.2) is 0 Å². The number of primary amides is 1. The number of carbonyl (C=O) groups is 1. The molecule has 2 amide bonds. The van der Waals surface area contributed by atoms with E-state index >= 15 is 0 Å². The number of nitrogens with two attached hydrogens (primary N) is 1. The Morgan fingerprint density at radius 3 is 2.50 bits per heavy atom. The van der Waals surface area contributed by atoms with Gasteiger partial charge in [-0.2, -0.15) is 0 Å². The van der Waals surface area contributed by atoms with E-state index in [4.69, 9.17) is 5.73 Å². The largest absolute Gasteiger partial charge is 0.351 e. The number of hydrogen-bond acceptors (Lipinski definition) is 2. The summed E-state index contributed by atoms with van der Waals surface area (Å²) in [6.07, 6.45) is 0. The molecule has 0 aliphatic carbocycles. The highest BCUT2D eigenvalue weighted by Gasteiger charge is 1.95. The molecule has 1 aromatic carbocycles. The van der Waals surface area contributed by atoms with Crippen molar-refractivity contribution in [2.75, 3.05) is 0 Å². The fraction of sp³-hybridized carbons (Fsp3) is 0. The molecule has 1 rings (SSSR count). The van der Waals surface area contributed by atoms with Gasteiger partial charge in [0, 0.05) is 9.37 Å². The van der Waals surface area contributed by atoms with Crippen LogP contribution < -0.4 is 10.5 Å². The molecule has 0 aliphatic heterocycles. The first-order valence-corrected chi connectivity index (χ1v) is 4.77. The maximum atomic E-state index is 10.3. The number of hydrogen-bond donors (Lipinski definition) is 2. The van der Waals surface area contributed by atoms with Gasteiger partial charge >= 0.3 is 6.03 Å². The molecular formula is C7H7BrN2OS. The van der Waals surface area contributed by atoms with Crippen molar-refractivity contribution in [1.29, 1.82) is 0 Å². The fourth-order valence-corrected chi connectivity index (χ4v) is 1.37. The van der Waals surface area contributed by atoms with Gasteiger partial charge in [-0.1, -0.05) is 15.9 Å². The molecule has 3 nitrogen and oxygen atoms in total. The summed E-state index contributed by atoms with van der Waals surface area (Å²) in [5.74, 6) is 0. The number of benzene rings is 1. The quantitative estimate of drug-likeness (QED) is 0.786. The van der Waals surface area contributed by atoms with E-state index in [1.165, 1.54) is 11.9 Å². The molecule has 0 aliphatic rings. The molecule has 3 N–H and O–H groups in total. The molecule has 0 unspecified atom stereocenters. The topological polar surface area (TPSA) is 55.1 Å². The van der Waals surface area contributed by atoms with Gasteiger partial charge in [-0.25, -0.2) is 4.79 Å². The maximum Gasteiger partial charge on any atom is 0.322 e. The zero-order valence-corrected chi connectivity index (χ0v) is 8.48. The molecule has 0 saturated heterocycles. The van der Waals surface area contributed by atoms with Gasteiger partial charge in [0.05, 0.1) is 0 Å². The number of halogens is 1. The van der Waals surface area contributed by atoms with Gasteiger partial charge in [0.25, 0.3) is 0 Å². The molecule has 0 bridgehead atoms. The van der Waals surface area contributed by atoms with Crippen LogP contribution in [0.5, 0.6) is 0 Å². The van der Waals surface area contributed by atoms with Crippen molar-refractivity contribution in [3.63, 3.8) is 0 Å². The second-order valence-electron chi connectivity index (χ2n) is 2.02. The number of nitrogens with one attached hydrogen (secondary N) is 1. The van der Waals surface area contributed by atoms with Gasteiger partial charge < -0.3 is 5.73 Å². The van der Waals surface area contributed by atoms with Crippen LogP contribution in [0.1, 0.15) is 0 Å². The van der Waals surface area contributed by atoms with Crippen molar-refractivity contribution in [2.45, 2.75) is 4.90 Å². The average Bonchev–Trinajstić information content (AvgIpc) is 2.03. The molecule has 0 atom stereocenters. The maximum absolute atomic E-state index is 10.3. The van der Waals surface area contributed by atoms with Crippen LogP contribution >= 0.6 is 27.9 Å². The molecule has 12 heavy (non-hydrogen) atoms. The molecular weight excluding hydrogens is 240 g/mol. The Labute approximate surface area is 83.0 Å². The minimum Gasteiger partial charge on any atom is -0.351 e. The molecule has 0 spiro atoms. The minimum atomic E-state index is -0.539. The van der Waals surface area contributed by atoms with Crippen LogP contribution in [0.25, 0.3) is 0 Å². The van der Waals surface area contributed by atoms with Gasteiger partial charge in [-0.3, -0.25) is 4.72 Å². The Balaban J connectivity index is 2.53. The third-order valence-electron chi connectivity index (χ3n) is 1.08. The first-order valence-electron chi connectivity index (χ1n) is 3.16. The normalized spacial score (nSPS) is 9.42. The van der Waals surface area contributed by atoms with Crippen LogP contribution in [0.2, 0.25) is 0 Å². The van der Waals surface area contributed by atoms with Crippen LogP contribution in [-0.4, -0.2) is 6.03 Å². The van der Waals surface area contributed by atoms with Crippen LogP contribution in [0.4, 0.5) is 4.79 Å². The van der Waals surface area contributed by atoms with Crippen molar-refractivity contribution >= 4 is 33.9 Å². The Morgan fingerprint density at radius 2 is 2.00 bits per heavy atom. The summed E-state index contributed by atoms with van der Waals surface area (Å²) in [5.41, 5.74) is 4.89. The summed E-state index contributed by atoms with van der Waals surface area (Å²) in [6.45, 7) is 0. The lowest BCUT2D eigenvalue weighted by Crippen LogP contribution is -2.22. The molecule has 5 heteroatoms. The lowest BCUT2D eigenvalue weighted by molar-refractivity contribution is 0.254. The lowest BCUT2D eigenvalue weighted by atomic mass is 10.4. The Kier molecular flexibility index (Phi) is 3.43. The smallest absolute Gasteiger partial charge is 0.322 e. The van der Waals surface area contributed by atoms with Crippen molar-refractivity contribution in [3.05, 3.63) is 28.7 Å². The molecule has 64 valence electrons. The highest BCUT2D eigenvalue weighted by Crippen LogP contribution is 2.17. The zero-order chi connectivity index (χ0) is 8.97. The van der Waals surface area contributed by atoms with E-state index < -0.39 is 6.03 Å². The fourth-order valence-electron chi connectivity index (χ4n) is 0.612. The van der Waals surface area contributed by atoms with Crippen molar-refractivity contribution < 1.29 is 4.79 Å². The summed E-state index contributed by atoms with van der Waals surface area (Å²) in [5, 5.41) is 0. The predicted octanol–water partition coefficient (Wildman–Crippen LogP) is 2.12. The summed E-state index contributed by atoms with van der Waals surface area (Å²) >= 11 is 4.50. The summed E-state index contributed by atoms with van der Waals surface area (Å²) in [4.78, 5) is 11.3. The molecule has 0 saturated carbocycles. The first kappa shape index (κ1) is 9.41. The number of carbonyl (C=O) groups excluding carboxylic acids is 1. The molecule has 0 aromatic heterocycles. The van der Waals surface area contributed by atoms with E-state index in [9.17, 15) is 4.79 Å². The number of rotatable bonds is 2. The minimum absolute atomic E-state index is 0.539. The van der Waals surface area contributed by atoms with E-state index in [0.717, 1.165) is 9.37 Å². The Morgan fingerprint density at radius 1 is 1.42 bits per heavy atom. The zero-order valence-electron chi connectivity index (χ0n) is 6.08. The highest BCUT2D eigenvalue weighted by atomic mass is 79.9. The summed E-state index contributed by atoms with van der Waals surface area (Å²) < 4.78 is 3.43. The molecule has 0 radical (unpaired) electrons. The average molecular weight is 247 g/mol. The van der Waals surface area contributed by atoms with Crippen molar-refractivity contribution in [3.8, 4) is 0 Å². The van der Waals surface area contributed by atoms with Crippen LogP contribution in [0, 0.1) is 0 Å². The number of amides is 2. The molecule has 0 fully saturated rings. The van der Waals surface area contributed by atoms with Gasteiger partial charge in [-0.15, -0.1) is 0 Å². The van der Waals surface area contributed by atoms with Crippen LogP contribution in [-0.2, 0) is 0 Å². The Bertz CT molecular complexity index is 275. The lowest BCUT2D eigenvalue weighted by Gasteiger charge is -1.99. The summed E-state index contributed by atoms with van der Waals surface area (Å²) in [7, 11) is 0. The van der Waals surface area contributed by atoms with E-state index in [1.807, 2.05) is 24.3 Å². The third-order valence-corrected chi connectivity index (χ3v) is 2.42. The third kappa shape index (κ3) is 3.15. The molecule has 1 aromatic rings. The summed E-state index contributed by atoms with van der Waals surface area (Å²) in [6, 6.07) is 7.01. The van der Waals surface area contributed by atoms with Crippen LogP contribution in [0.3, 0.4) is 0 Å². The predicted molar refractivity (Wildman–Crippen MR) is 52.7 cm³/mol. The Hall–Kier alpha value is -0.680. The number of urea groups is 1.